The zero-order valence-electron chi connectivity index (χ0n) is 10.8. The number of carbonyl (C=O) groups excluding carboxylic acids is 1. The number of benzene rings is 1. The van der Waals surface area contributed by atoms with Gasteiger partial charge in [0.25, 0.3) is 0 Å². The molecule has 104 valence electrons. The Hall–Kier alpha value is -1.40. The van der Waals surface area contributed by atoms with Crippen LogP contribution in [-0.4, -0.2) is 45.7 Å². The van der Waals surface area contributed by atoms with Crippen LogP contribution in [0.5, 0.6) is 0 Å². The Kier molecular flexibility index (Phi) is 4.55. The first-order chi connectivity index (χ1) is 9.06. The van der Waals surface area contributed by atoms with Crippen molar-refractivity contribution in [2.24, 2.45) is 0 Å². The van der Waals surface area contributed by atoms with Crippen molar-refractivity contribution >= 4 is 22.5 Å². The second-order valence-electron chi connectivity index (χ2n) is 4.65. The number of nitrogens with zero attached hydrogens (tertiary/aromatic N) is 1. The number of rotatable bonds is 2. The van der Waals surface area contributed by atoms with Gasteiger partial charge in [-0.2, -0.15) is 0 Å². The fraction of sp³-hybridized carbons (Fsp3) is 0.462. The summed E-state index contributed by atoms with van der Waals surface area (Å²) in [6, 6.07) is 6.72. The van der Waals surface area contributed by atoms with Crippen molar-refractivity contribution in [3.05, 3.63) is 24.3 Å². The number of hydrogen-bond donors (Lipinski definition) is 2. The highest BCUT2D eigenvalue weighted by atomic mass is 32.2. The summed E-state index contributed by atoms with van der Waals surface area (Å²) in [6.07, 6.45) is 2.76. The van der Waals surface area contributed by atoms with E-state index in [4.69, 9.17) is 0 Å². The number of anilines is 1. The molecular formula is C13H18N2O3S. The summed E-state index contributed by atoms with van der Waals surface area (Å²) in [5.74, 6) is 0. The molecule has 2 amide bonds. The van der Waals surface area contributed by atoms with Gasteiger partial charge in [0, 0.05) is 40.7 Å². The Morgan fingerprint density at radius 1 is 1.42 bits per heavy atom. The zero-order chi connectivity index (χ0) is 13.8. The molecule has 2 rings (SSSR count). The van der Waals surface area contributed by atoms with Crippen LogP contribution in [0.25, 0.3) is 0 Å². The monoisotopic (exact) mass is 282 g/mol. The van der Waals surface area contributed by atoms with E-state index in [2.05, 4.69) is 5.32 Å². The van der Waals surface area contributed by atoms with E-state index in [0.29, 0.717) is 18.8 Å². The smallest absolute Gasteiger partial charge is 0.321 e. The van der Waals surface area contributed by atoms with Crippen LogP contribution in [0.2, 0.25) is 0 Å². The van der Waals surface area contributed by atoms with Crippen LogP contribution >= 0.6 is 0 Å². The molecule has 2 atom stereocenters. The molecule has 0 saturated carbocycles. The molecule has 1 aromatic rings. The molecule has 5 nitrogen and oxygen atoms in total. The molecule has 0 bridgehead atoms. The molecule has 0 radical (unpaired) electrons. The van der Waals surface area contributed by atoms with Crippen molar-refractivity contribution in [1.29, 1.82) is 0 Å². The molecule has 1 aromatic carbocycles. The Labute approximate surface area is 115 Å². The molecule has 1 aliphatic rings. The van der Waals surface area contributed by atoms with Gasteiger partial charge in [0.2, 0.25) is 0 Å². The summed E-state index contributed by atoms with van der Waals surface area (Å²) in [6.45, 7) is 1.04. The lowest BCUT2D eigenvalue weighted by Gasteiger charge is -2.30. The van der Waals surface area contributed by atoms with E-state index in [1.165, 1.54) is 0 Å². The van der Waals surface area contributed by atoms with Crippen molar-refractivity contribution < 1.29 is 14.1 Å². The first-order valence-corrected chi connectivity index (χ1v) is 7.79. The highest BCUT2D eigenvalue weighted by Crippen LogP contribution is 2.15. The van der Waals surface area contributed by atoms with E-state index >= 15 is 0 Å². The maximum Gasteiger partial charge on any atom is 0.321 e. The first kappa shape index (κ1) is 14.0. The molecule has 0 aliphatic carbocycles. The predicted octanol–water partition coefficient (Wildman–Crippen LogP) is 1.41. The number of nitrogens with one attached hydrogen (secondary N) is 1. The maximum absolute atomic E-state index is 12.0. The minimum absolute atomic E-state index is 0.205. The van der Waals surface area contributed by atoms with Gasteiger partial charge in [-0.15, -0.1) is 0 Å². The van der Waals surface area contributed by atoms with Crippen molar-refractivity contribution in [2.75, 3.05) is 24.7 Å². The molecule has 2 N–H and O–H groups in total. The quantitative estimate of drug-likeness (QED) is 0.861. The lowest BCUT2D eigenvalue weighted by Crippen LogP contribution is -2.44. The summed E-state index contributed by atoms with van der Waals surface area (Å²) in [5.41, 5.74) is 0.666. The van der Waals surface area contributed by atoms with Crippen LogP contribution in [0.3, 0.4) is 0 Å². The van der Waals surface area contributed by atoms with Crippen molar-refractivity contribution in [2.45, 2.75) is 23.8 Å². The minimum Gasteiger partial charge on any atom is -0.391 e. The number of hydrogen-bond acceptors (Lipinski definition) is 3. The third-order valence-electron chi connectivity index (χ3n) is 3.12. The lowest BCUT2D eigenvalue weighted by atomic mass is 10.1. The highest BCUT2D eigenvalue weighted by molar-refractivity contribution is 7.84. The van der Waals surface area contributed by atoms with E-state index in [0.717, 1.165) is 17.7 Å². The number of piperidine rings is 1. The van der Waals surface area contributed by atoms with E-state index in [1.54, 1.807) is 35.4 Å². The zero-order valence-corrected chi connectivity index (χ0v) is 11.7. The highest BCUT2D eigenvalue weighted by Gasteiger charge is 2.21. The van der Waals surface area contributed by atoms with Gasteiger partial charge in [-0.1, -0.05) is 0 Å². The molecular weight excluding hydrogens is 264 g/mol. The van der Waals surface area contributed by atoms with Crippen molar-refractivity contribution in [1.82, 2.24) is 4.90 Å². The fourth-order valence-corrected chi connectivity index (χ4v) is 2.59. The van der Waals surface area contributed by atoms with E-state index < -0.39 is 16.9 Å². The second kappa shape index (κ2) is 6.16. The van der Waals surface area contributed by atoms with Crippen LogP contribution in [0.15, 0.2) is 29.2 Å². The summed E-state index contributed by atoms with van der Waals surface area (Å²) < 4.78 is 11.3. The second-order valence-corrected chi connectivity index (χ2v) is 6.03. The molecule has 1 saturated heterocycles. The van der Waals surface area contributed by atoms with Gasteiger partial charge in [-0.3, -0.25) is 4.21 Å². The standard InChI is InChI=1S/C13H18N2O3S/c1-19(18)12-6-4-10(5-7-12)14-13(17)15-8-2-3-11(16)9-15/h4-7,11,16H,2-3,8-9H2,1H3,(H,14,17). The van der Waals surface area contributed by atoms with Gasteiger partial charge in [-0.25, -0.2) is 4.79 Å². The molecule has 19 heavy (non-hydrogen) atoms. The molecule has 0 spiro atoms. The largest absolute Gasteiger partial charge is 0.391 e. The number of amides is 2. The molecule has 1 fully saturated rings. The Balaban J connectivity index is 1.96. The van der Waals surface area contributed by atoms with Gasteiger partial charge in [0.1, 0.15) is 0 Å². The minimum atomic E-state index is -1.02. The van der Waals surface area contributed by atoms with E-state index in [1.807, 2.05) is 0 Å². The van der Waals surface area contributed by atoms with Gasteiger partial charge >= 0.3 is 6.03 Å². The van der Waals surface area contributed by atoms with Crippen LogP contribution in [0.4, 0.5) is 10.5 Å². The van der Waals surface area contributed by atoms with E-state index in [-0.39, 0.29) is 6.03 Å². The average molecular weight is 282 g/mol. The van der Waals surface area contributed by atoms with Gasteiger partial charge in [0.05, 0.1) is 6.10 Å². The van der Waals surface area contributed by atoms with Crippen LogP contribution in [0, 0.1) is 0 Å². The summed E-state index contributed by atoms with van der Waals surface area (Å²) in [4.78, 5) is 14.3. The fourth-order valence-electron chi connectivity index (χ4n) is 2.07. The van der Waals surface area contributed by atoms with Crippen molar-refractivity contribution in [3.63, 3.8) is 0 Å². The predicted molar refractivity (Wildman–Crippen MR) is 74.6 cm³/mol. The molecule has 2 unspecified atom stereocenters. The number of aliphatic hydroxyl groups excluding tert-OH is 1. The summed E-state index contributed by atoms with van der Waals surface area (Å²) >= 11 is 0. The van der Waals surface area contributed by atoms with Crippen LogP contribution in [-0.2, 0) is 10.8 Å². The third kappa shape index (κ3) is 3.78. The number of β-amino-alcohol motifs (C(OH)–C–C–N with tert-alkyl or cyclic N) is 1. The van der Waals surface area contributed by atoms with Gasteiger partial charge < -0.3 is 15.3 Å². The third-order valence-corrected chi connectivity index (χ3v) is 4.06. The summed E-state index contributed by atoms with van der Waals surface area (Å²) in [7, 11) is -1.02. The molecule has 6 heteroatoms. The number of carbonyl (C=O) groups is 1. The van der Waals surface area contributed by atoms with E-state index in [9.17, 15) is 14.1 Å². The number of aliphatic hydroxyl groups is 1. The molecule has 1 heterocycles. The Morgan fingerprint density at radius 3 is 2.68 bits per heavy atom. The van der Waals surface area contributed by atoms with Gasteiger partial charge in [-0.05, 0) is 37.1 Å². The maximum atomic E-state index is 12.0. The Morgan fingerprint density at radius 2 is 2.11 bits per heavy atom. The average Bonchev–Trinajstić information content (AvgIpc) is 2.39. The molecule has 1 aliphatic heterocycles. The van der Waals surface area contributed by atoms with Crippen molar-refractivity contribution in [3.8, 4) is 0 Å². The SMILES string of the molecule is CS(=O)c1ccc(NC(=O)N2CCCC(O)C2)cc1. The molecule has 0 aromatic heterocycles. The number of likely N-dealkylation sites (tertiary alicyclic amines) is 1. The number of urea groups is 1. The normalized spacial score (nSPS) is 20.9. The summed E-state index contributed by atoms with van der Waals surface area (Å²) in [5, 5.41) is 12.3. The lowest BCUT2D eigenvalue weighted by molar-refractivity contribution is 0.0883. The van der Waals surface area contributed by atoms with Gasteiger partial charge in [0.15, 0.2) is 0 Å². The Bertz CT molecular complexity index is 475. The van der Waals surface area contributed by atoms with Crippen LogP contribution < -0.4 is 5.32 Å². The van der Waals surface area contributed by atoms with Crippen LogP contribution in [0.1, 0.15) is 12.8 Å². The first-order valence-electron chi connectivity index (χ1n) is 6.24. The topological polar surface area (TPSA) is 69.6 Å².